The average Bonchev–Trinajstić information content (AvgIpc) is 3.18. The van der Waals surface area contributed by atoms with Gasteiger partial charge in [0.2, 0.25) is 12.1 Å². The normalized spacial score (nSPS) is 20.2. The van der Waals surface area contributed by atoms with E-state index < -0.39 is 59.3 Å². The monoisotopic (exact) mass is 615 g/mol. The Labute approximate surface area is 240 Å². The fourth-order valence-corrected chi connectivity index (χ4v) is 5.53. The van der Waals surface area contributed by atoms with Crippen molar-refractivity contribution in [3.63, 3.8) is 0 Å². The van der Waals surface area contributed by atoms with E-state index in [-0.39, 0.29) is 24.0 Å². The molecule has 0 radical (unpaired) electrons. The first-order valence-corrected chi connectivity index (χ1v) is 13.9. The quantitative estimate of drug-likeness (QED) is 0.170. The van der Waals surface area contributed by atoms with E-state index in [0.717, 1.165) is 11.9 Å². The van der Waals surface area contributed by atoms with E-state index in [9.17, 15) is 18.3 Å². The van der Waals surface area contributed by atoms with Crippen molar-refractivity contribution in [2.45, 2.75) is 35.9 Å². The Morgan fingerprint density at radius 3 is 2.48 bits per heavy atom. The molecule has 4 rings (SSSR count). The van der Waals surface area contributed by atoms with Gasteiger partial charge in [-0.05, 0) is 12.1 Å². The number of hydrogen-bond acceptors (Lipinski definition) is 12. The highest BCUT2D eigenvalue weighted by molar-refractivity contribution is 7.87. The first-order chi connectivity index (χ1) is 19.9. The van der Waals surface area contributed by atoms with Crippen molar-refractivity contribution in [2.75, 3.05) is 53.4 Å². The summed E-state index contributed by atoms with van der Waals surface area (Å²) in [5.74, 6) is -4.35. The molecule has 0 amide bonds. The lowest BCUT2D eigenvalue weighted by Crippen LogP contribution is -2.42. The molecule has 0 spiro atoms. The fraction of sp³-hybridized carbons (Fsp3) is 0.462. The minimum absolute atomic E-state index is 0.128. The van der Waals surface area contributed by atoms with Gasteiger partial charge in [-0.2, -0.15) is 22.2 Å². The number of anilines is 1. The number of methoxy groups -OCH3 is 2. The molecule has 2 aromatic carbocycles. The van der Waals surface area contributed by atoms with Crippen molar-refractivity contribution < 1.29 is 50.2 Å². The molecule has 1 aliphatic rings. The Morgan fingerprint density at radius 2 is 1.79 bits per heavy atom. The van der Waals surface area contributed by atoms with Crippen LogP contribution in [0.4, 0.5) is 14.5 Å². The van der Waals surface area contributed by atoms with E-state index in [2.05, 4.69) is 4.98 Å². The summed E-state index contributed by atoms with van der Waals surface area (Å²) in [6.45, 7) is -1.83. The van der Waals surface area contributed by atoms with Crippen LogP contribution >= 0.6 is 0 Å². The minimum atomic E-state index is -4.43. The van der Waals surface area contributed by atoms with Gasteiger partial charge < -0.3 is 33.7 Å². The second kappa shape index (κ2) is 12.9. The molecule has 3 aromatic rings. The summed E-state index contributed by atoms with van der Waals surface area (Å²) in [5, 5.41) is 11.2. The lowest BCUT2D eigenvalue weighted by Gasteiger charge is -2.22. The molecule has 2 heterocycles. The minimum Gasteiger partial charge on any atom is -0.450 e. The van der Waals surface area contributed by atoms with Crippen LogP contribution in [-0.2, 0) is 39.9 Å². The molecule has 230 valence electrons. The van der Waals surface area contributed by atoms with Crippen LogP contribution in [0.2, 0.25) is 0 Å². The van der Waals surface area contributed by atoms with Gasteiger partial charge in [-0.1, -0.05) is 24.3 Å². The Kier molecular flexibility index (Phi) is 9.77. The van der Waals surface area contributed by atoms with Crippen molar-refractivity contribution in [3.05, 3.63) is 58.6 Å². The number of alkyl halides is 2. The molecule has 0 bridgehead atoms. The number of ether oxygens (including phenoxy) is 5. The Hall–Kier alpha value is -3.25. The van der Waals surface area contributed by atoms with Crippen LogP contribution in [0.1, 0.15) is 11.8 Å². The maximum atomic E-state index is 15.1. The molecule has 1 aliphatic heterocycles. The van der Waals surface area contributed by atoms with Gasteiger partial charge in [0.15, 0.2) is 12.9 Å². The van der Waals surface area contributed by atoms with Crippen molar-refractivity contribution in [1.29, 1.82) is 0 Å². The fourth-order valence-electron chi connectivity index (χ4n) is 4.43. The van der Waals surface area contributed by atoms with E-state index in [1.807, 2.05) is 25.1 Å². The van der Waals surface area contributed by atoms with Gasteiger partial charge in [0, 0.05) is 51.0 Å². The summed E-state index contributed by atoms with van der Waals surface area (Å²) >= 11 is 0. The van der Waals surface area contributed by atoms with Gasteiger partial charge in [0.25, 0.3) is 10.1 Å². The molecule has 42 heavy (non-hydrogen) atoms. The summed E-state index contributed by atoms with van der Waals surface area (Å²) in [4.78, 5) is 18.2. The third kappa shape index (κ3) is 6.39. The van der Waals surface area contributed by atoms with E-state index in [0.29, 0.717) is 15.3 Å². The molecule has 1 saturated heterocycles. The maximum Gasteiger partial charge on any atom is 0.353 e. The molecule has 0 unspecified atom stereocenters. The van der Waals surface area contributed by atoms with Gasteiger partial charge in [-0.15, -0.1) is 0 Å². The molecule has 13 nitrogen and oxygen atoms in total. The van der Waals surface area contributed by atoms with Crippen molar-refractivity contribution in [3.8, 4) is 5.88 Å². The first kappa shape index (κ1) is 31.7. The highest BCUT2D eigenvalue weighted by Gasteiger charge is 2.59. The number of nitrogens with zero attached hydrogens (tertiary/aromatic N) is 3. The van der Waals surface area contributed by atoms with Crippen molar-refractivity contribution >= 4 is 26.6 Å². The summed E-state index contributed by atoms with van der Waals surface area (Å²) in [6.07, 6.45) is -5.24. The van der Waals surface area contributed by atoms with Gasteiger partial charge in [-0.3, -0.25) is 8.75 Å². The molecule has 0 saturated carbocycles. The number of aliphatic hydroxyl groups excluding tert-OH is 1. The maximum absolute atomic E-state index is 15.1. The number of benzene rings is 2. The number of hydrogen-bond donors (Lipinski definition) is 1. The Bertz CT molecular complexity index is 1570. The summed E-state index contributed by atoms with van der Waals surface area (Å²) < 4.78 is 87.7. The molecule has 1 aromatic heterocycles. The predicted molar refractivity (Wildman–Crippen MR) is 144 cm³/mol. The summed E-state index contributed by atoms with van der Waals surface area (Å²) in [7, 11) is 1.84. The second-order valence-corrected chi connectivity index (χ2v) is 11.1. The third-order valence-electron chi connectivity index (χ3n) is 6.40. The highest BCUT2D eigenvalue weighted by Crippen LogP contribution is 2.42. The first-order valence-electron chi connectivity index (χ1n) is 12.5. The second-order valence-electron chi connectivity index (χ2n) is 9.47. The Morgan fingerprint density at radius 1 is 1.10 bits per heavy atom. The third-order valence-corrected chi connectivity index (χ3v) is 7.72. The van der Waals surface area contributed by atoms with Crippen molar-refractivity contribution in [1.82, 2.24) is 9.55 Å². The molecule has 3 atom stereocenters. The van der Waals surface area contributed by atoms with E-state index in [4.69, 9.17) is 27.9 Å². The van der Waals surface area contributed by atoms with Crippen LogP contribution in [0, 0.1) is 0 Å². The van der Waals surface area contributed by atoms with Crippen LogP contribution in [0.5, 0.6) is 5.88 Å². The molecule has 1 fully saturated rings. The number of halogens is 2. The highest BCUT2D eigenvalue weighted by atomic mass is 32.2. The standard InChI is InChI=1S/C26H31F2N3O10S/c1-30(2)19-9-5-8-18-17(19)7-6-10-21(18)42(34,35)40-12-16-11-31(25(33)29-23(16)39-15-37-4)24-26(27,28)22(32)20(41-24)13-38-14-36-3/h5-11,20,22,24,32H,12-15H2,1-4H3/t20-,22-,24-/m1/s1. The molecular formula is C26H31F2N3O10S. The van der Waals surface area contributed by atoms with Crippen LogP contribution < -0.4 is 15.3 Å². The van der Waals surface area contributed by atoms with Crippen LogP contribution in [0.15, 0.2) is 52.3 Å². The zero-order valence-electron chi connectivity index (χ0n) is 23.2. The smallest absolute Gasteiger partial charge is 0.353 e. The summed E-state index contributed by atoms with van der Waals surface area (Å²) in [5.41, 5.74) is -0.618. The number of aliphatic hydroxyl groups is 1. The number of fused-ring (bicyclic) bond motifs is 1. The van der Waals surface area contributed by atoms with Gasteiger partial charge in [0.1, 0.15) is 17.8 Å². The molecule has 0 aliphatic carbocycles. The summed E-state index contributed by atoms with van der Waals surface area (Å²) in [6, 6.07) is 9.88. The lowest BCUT2D eigenvalue weighted by atomic mass is 10.1. The van der Waals surface area contributed by atoms with E-state index in [1.165, 1.54) is 20.3 Å². The molecule has 1 N–H and O–H groups in total. The number of rotatable bonds is 13. The van der Waals surface area contributed by atoms with Crippen molar-refractivity contribution in [2.24, 2.45) is 0 Å². The lowest BCUT2D eigenvalue weighted by molar-refractivity contribution is -0.141. The van der Waals surface area contributed by atoms with Crippen LogP contribution in [-0.4, -0.2) is 89.7 Å². The average molecular weight is 616 g/mol. The number of aromatic nitrogens is 2. The van der Waals surface area contributed by atoms with Crippen LogP contribution in [0.25, 0.3) is 10.8 Å². The SMILES string of the molecule is COCOC[C@H]1O[C@@H](n2cc(COS(=O)(=O)c3cccc4c(N(C)C)cccc34)c(OCOC)nc2=O)C(F)(F)[C@@H]1O. The topological polar surface area (TPSA) is 148 Å². The van der Waals surface area contributed by atoms with Gasteiger partial charge >= 0.3 is 11.6 Å². The predicted octanol–water partition coefficient (Wildman–Crippen LogP) is 1.86. The largest absolute Gasteiger partial charge is 0.450 e. The van der Waals surface area contributed by atoms with Gasteiger partial charge in [-0.25, -0.2) is 4.79 Å². The van der Waals surface area contributed by atoms with Gasteiger partial charge in [0.05, 0.1) is 18.8 Å². The Balaban J connectivity index is 1.68. The molecular weight excluding hydrogens is 584 g/mol. The zero-order valence-corrected chi connectivity index (χ0v) is 24.0. The van der Waals surface area contributed by atoms with E-state index >= 15 is 8.78 Å². The van der Waals surface area contributed by atoms with Crippen LogP contribution in [0.3, 0.4) is 0 Å². The zero-order chi connectivity index (χ0) is 30.7. The molecule has 16 heteroatoms. The van der Waals surface area contributed by atoms with E-state index in [1.54, 1.807) is 24.3 Å².